The lowest BCUT2D eigenvalue weighted by Gasteiger charge is -2.37. The molecule has 2 aromatic heterocycles. The van der Waals surface area contributed by atoms with Crippen LogP contribution in [0.1, 0.15) is 73.3 Å². The first kappa shape index (κ1) is 23.5. The molecule has 0 unspecified atom stereocenters. The Kier molecular flexibility index (Phi) is 7.19. The summed E-state index contributed by atoms with van der Waals surface area (Å²) in [5.74, 6) is 0.902. The molecule has 0 bridgehead atoms. The van der Waals surface area contributed by atoms with E-state index in [4.69, 9.17) is 9.15 Å². The minimum Gasteiger partial charge on any atom is -0.455 e. The van der Waals surface area contributed by atoms with Gasteiger partial charge in [-0.05, 0) is 49.1 Å². The summed E-state index contributed by atoms with van der Waals surface area (Å²) < 4.78 is 11.1. The number of nitrogens with zero attached hydrogens (tertiary/aromatic N) is 2. The monoisotopic (exact) mass is 457 g/mol. The van der Waals surface area contributed by atoms with Crippen molar-refractivity contribution < 1.29 is 18.7 Å². The van der Waals surface area contributed by atoms with Crippen LogP contribution in [0.3, 0.4) is 0 Å². The van der Waals surface area contributed by atoms with Crippen molar-refractivity contribution in [3.05, 3.63) is 35.5 Å². The molecule has 4 rings (SSSR count). The van der Waals surface area contributed by atoms with E-state index in [2.05, 4.69) is 46.5 Å². The molecule has 3 heterocycles. The van der Waals surface area contributed by atoms with Gasteiger partial charge in [-0.3, -0.25) is 19.6 Å². The van der Waals surface area contributed by atoms with Crippen molar-refractivity contribution in [1.29, 1.82) is 0 Å². The van der Waals surface area contributed by atoms with Crippen LogP contribution in [0, 0.1) is 11.3 Å². The normalized spacial score (nSPS) is 22.2. The molecule has 1 aliphatic heterocycles. The van der Waals surface area contributed by atoms with E-state index >= 15 is 0 Å². The van der Waals surface area contributed by atoms with Crippen LogP contribution in [-0.2, 0) is 11.3 Å². The van der Waals surface area contributed by atoms with Gasteiger partial charge in [0.1, 0.15) is 5.76 Å². The Bertz CT molecular complexity index is 946. The quantitative estimate of drug-likeness (QED) is 0.613. The SMILES string of the molecule is CC(C)(C)C1CCC(NC(=O)c2n[nH]cc2NC(=O)c2ccc(CN3CCOCC3)o2)CC1. The Morgan fingerprint density at radius 2 is 1.85 bits per heavy atom. The van der Waals surface area contributed by atoms with Crippen LogP contribution < -0.4 is 10.6 Å². The van der Waals surface area contributed by atoms with Crippen molar-refractivity contribution in [3.63, 3.8) is 0 Å². The number of hydrogen-bond donors (Lipinski definition) is 3. The van der Waals surface area contributed by atoms with Gasteiger partial charge in [0.2, 0.25) is 0 Å². The zero-order chi connectivity index (χ0) is 23.4. The molecule has 180 valence electrons. The molecule has 9 nitrogen and oxygen atoms in total. The molecule has 0 atom stereocenters. The number of amides is 2. The van der Waals surface area contributed by atoms with Gasteiger partial charge in [0.05, 0.1) is 25.4 Å². The minimum absolute atomic E-state index is 0.129. The highest BCUT2D eigenvalue weighted by Crippen LogP contribution is 2.37. The highest BCUT2D eigenvalue weighted by atomic mass is 16.5. The highest BCUT2D eigenvalue weighted by molar-refractivity contribution is 6.07. The number of rotatable bonds is 6. The fourth-order valence-electron chi connectivity index (χ4n) is 4.66. The maximum atomic E-state index is 12.8. The number of ether oxygens (including phenoxy) is 1. The van der Waals surface area contributed by atoms with Gasteiger partial charge in [0.15, 0.2) is 11.5 Å². The van der Waals surface area contributed by atoms with E-state index in [1.54, 1.807) is 12.1 Å². The fraction of sp³-hybridized carbons (Fsp3) is 0.625. The van der Waals surface area contributed by atoms with Crippen molar-refractivity contribution in [2.75, 3.05) is 31.6 Å². The molecule has 3 N–H and O–H groups in total. The van der Waals surface area contributed by atoms with Gasteiger partial charge in [0.25, 0.3) is 11.8 Å². The van der Waals surface area contributed by atoms with Crippen LogP contribution in [0.4, 0.5) is 5.69 Å². The van der Waals surface area contributed by atoms with Crippen LogP contribution in [0.25, 0.3) is 0 Å². The van der Waals surface area contributed by atoms with Crippen LogP contribution in [-0.4, -0.2) is 59.3 Å². The molecule has 1 saturated carbocycles. The molecule has 0 radical (unpaired) electrons. The third-order valence-electron chi connectivity index (χ3n) is 6.76. The van der Waals surface area contributed by atoms with Gasteiger partial charge in [-0.2, -0.15) is 5.10 Å². The van der Waals surface area contributed by atoms with Gasteiger partial charge in [0, 0.05) is 25.3 Å². The molecule has 0 spiro atoms. The number of hydrogen-bond acceptors (Lipinski definition) is 6. The zero-order valence-corrected chi connectivity index (χ0v) is 19.8. The fourth-order valence-corrected chi connectivity index (χ4v) is 4.66. The first-order valence-electron chi connectivity index (χ1n) is 11.8. The number of morpholine rings is 1. The summed E-state index contributed by atoms with van der Waals surface area (Å²) in [5.41, 5.74) is 0.816. The maximum Gasteiger partial charge on any atom is 0.291 e. The number of carbonyl (C=O) groups is 2. The van der Waals surface area contributed by atoms with E-state index in [0.29, 0.717) is 36.8 Å². The largest absolute Gasteiger partial charge is 0.455 e. The lowest BCUT2D eigenvalue weighted by Crippen LogP contribution is -2.39. The molecule has 33 heavy (non-hydrogen) atoms. The van der Waals surface area contributed by atoms with E-state index in [1.807, 2.05) is 0 Å². The zero-order valence-electron chi connectivity index (χ0n) is 19.8. The summed E-state index contributed by atoms with van der Waals surface area (Å²) >= 11 is 0. The van der Waals surface area contributed by atoms with Gasteiger partial charge < -0.3 is 19.8 Å². The average Bonchev–Trinajstić information content (AvgIpc) is 3.44. The van der Waals surface area contributed by atoms with Crippen LogP contribution in [0.5, 0.6) is 0 Å². The first-order chi connectivity index (χ1) is 15.8. The molecule has 1 saturated heterocycles. The number of nitrogens with one attached hydrogen (secondary N) is 3. The summed E-state index contributed by atoms with van der Waals surface area (Å²) in [6, 6.07) is 3.59. The molecule has 2 fully saturated rings. The molecule has 1 aliphatic carbocycles. The van der Waals surface area contributed by atoms with Crippen molar-refractivity contribution in [2.45, 2.75) is 59.0 Å². The Morgan fingerprint density at radius 1 is 1.12 bits per heavy atom. The van der Waals surface area contributed by atoms with E-state index < -0.39 is 5.91 Å². The Labute approximate surface area is 194 Å². The summed E-state index contributed by atoms with van der Waals surface area (Å²) in [7, 11) is 0. The molecule has 2 aliphatic rings. The van der Waals surface area contributed by atoms with Gasteiger partial charge in [-0.1, -0.05) is 20.8 Å². The first-order valence-corrected chi connectivity index (χ1v) is 11.8. The number of anilines is 1. The van der Waals surface area contributed by atoms with Crippen molar-refractivity contribution >= 4 is 17.5 Å². The van der Waals surface area contributed by atoms with Crippen molar-refractivity contribution in [1.82, 2.24) is 20.4 Å². The number of carbonyl (C=O) groups excluding carboxylic acids is 2. The van der Waals surface area contributed by atoms with Crippen molar-refractivity contribution in [3.8, 4) is 0 Å². The maximum absolute atomic E-state index is 12.8. The number of aromatic nitrogens is 2. The molecular formula is C24H35N5O4. The lowest BCUT2D eigenvalue weighted by atomic mass is 9.71. The second kappa shape index (κ2) is 10.1. The van der Waals surface area contributed by atoms with E-state index in [-0.39, 0.29) is 23.4 Å². The summed E-state index contributed by atoms with van der Waals surface area (Å²) in [6.45, 7) is 10.6. The summed E-state index contributed by atoms with van der Waals surface area (Å²) in [4.78, 5) is 27.8. The molecule has 9 heteroatoms. The number of furan rings is 1. The predicted molar refractivity (Wildman–Crippen MR) is 124 cm³/mol. The Morgan fingerprint density at radius 3 is 2.55 bits per heavy atom. The van der Waals surface area contributed by atoms with Crippen LogP contribution in [0.15, 0.2) is 22.7 Å². The predicted octanol–water partition coefficient (Wildman–Crippen LogP) is 3.42. The molecule has 2 amide bonds. The third-order valence-corrected chi connectivity index (χ3v) is 6.76. The molecule has 0 aromatic carbocycles. The standard InChI is InChI=1S/C24H35N5O4/c1-24(2,3)16-4-6-17(7-5-16)26-23(31)21-19(14-25-28-21)27-22(30)20-9-8-18(33-20)15-29-10-12-32-13-11-29/h8-9,14,16-17H,4-7,10-13,15H2,1-3H3,(H,25,28)(H,26,31)(H,27,30). The van der Waals surface area contributed by atoms with E-state index in [1.165, 1.54) is 6.20 Å². The number of H-pyrrole nitrogens is 1. The molecular weight excluding hydrogens is 422 g/mol. The van der Waals surface area contributed by atoms with Gasteiger partial charge in [-0.25, -0.2) is 0 Å². The topological polar surface area (TPSA) is 112 Å². The smallest absolute Gasteiger partial charge is 0.291 e. The van der Waals surface area contributed by atoms with Crippen molar-refractivity contribution in [2.24, 2.45) is 11.3 Å². The van der Waals surface area contributed by atoms with E-state index in [9.17, 15) is 9.59 Å². The minimum atomic E-state index is -0.413. The van der Waals surface area contributed by atoms with Crippen LogP contribution >= 0.6 is 0 Å². The van der Waals surface area contributed by atoms with E-state index in [0.717, 1.165) is 44.5 Å². The summed E-state index contributed by atoms with van der Waals surface area (Å²) in [6.07, 6.45) is 5.63. The Balaban J connectivity index is 1.31. The summed E-state index contributed by atoms with van der Waals surface area (Å²) in [5, 5.41) is 12.6. The lowest BCUT2D eigenvalue weighted by molar-refractivity contribution is 0.0312. The van der Waals surface area contributed by atoms with Crippen LogP contribution in [0.2, 0.25) is 0 Å². The second-order valence-electron chi connectivity index (χ2n) is 10.1. The second-order valence-corrected chi connectivity index (χ2v) is 10.1. The van der Waals surface area contributed by atoms with Gasteiger partial charge >= 0.3 is 0 Å². The number of aromatic amines is 1. The molecule has 2 aromatic rings. The Hall–Kier alpha value is -2.65. The highest BCUT2D eigenvalue weighted by Gasteiger charge is 2.31. The average molecular weight is 458 g/mol. The third kappa shape index (κ3) is 6.03. The van der Waals surface area contributed by atoms with Gasteiger partial charge in [-0.15, -0.1) is 0 Å².